The van der Waals surface area contributed by atoms with Crippen molar-refractivity contribution in [2.45, 2.75) is 31.8 Å². The van der Waals surface area contributed by atoms with Crippen LogP contribution < -0.4 is 0 Å². The van der Waals surface area contributed by atoms with Gasteiger partial charge in [-0.05, 0) is 12.8 Å². The summed E-state index contributed by atoms with van der Waals surface area (Å²) in [7, 11) is 0. The molecule has 0 amide bonds. The van der Waals surface area contributed by atoms with Crippen molar-refractivity contribution in [3.8, 4) is 0 Å². The third kappa shape index (κ3) is 4.82. The molecule has 0 saturated heterocycles. The molecular formula is C20H20FeO2-6. The van der Waals surface area contributed by atoms with Gasteiger partial charge in [0.25, 0.3) is 5.97 Å². The van der Waals surface area contributed by atoms with Crippen LogP contribution in [0.2, 0.25) is 0 Å². The topological polar surface area (TPSA) is 26.3 Å². The zero-order valence-electron chi connectivity index (χ0n) is 12.9. The molecule has 126 valence electrons. The molecule has 2 aromatic carbocycles. The van der Waals surface area contributed by atoms with Crippen LogP contribution in [0.25, 0.3) is 0 Å². The van der Waals surface area contributed by atoms with Crippen LogP contribution in [-0.2, 0) is 21.8 Å². The second kappa shape index (κ2) is 8.71. The van der Waals surface area contributed by atoms with Gasteiger partial charge < -0.3 is 35.1 Å². The number of carbonyl (C=O) groups excluding carboxylic acids is 1. The Kier molecular flexibility index (Phi) is 6.64. The van der Waals surface area contributed by atoms with Crippen molar-refractivity contribution in [3.63, 3.8) is 0 Å². The molecule has 0 N–H and O–H groups in total. The van der Waals surface area contributed by atoms with Gasteiger partial charge in [-0.25, -0.2) is 12.1 Å². The maximum absolute atomic E-state index is 11.8. The molecule has 0 unspecified atom stereocenters. The predicted octanol–water partition coefficient (Wildman–Crippen LogP) is 4.77. The number of hydrogen-bond acceptors (Lipinski definition) is 2. The van der Waals surface area contributed by atoms with Gasteiger partial charge in [-0.1, -0.05) is 28.9 Å². The summed E-state index contributed by atoms with van der Waals surface area (Å²) in [4.78, 5) is 11.8. The smallest absolute Gasteiger partial charge is 0.281 e. The maximum Gasteiger partial charge on any atom is 0.281 e. The van der Waals surface area contributed by atoms with Crippen LogP contribution in [0.3, 0.4) is 0 Å². The third-order valence-electron chi connectivity index (χ3n) is 4.07. The molecular weight excluding hydrogens is 328 g/mol. The Hall–Kier alpha value is -1.83. The molecule has 2 aromatic rings. The number of esters is 1. The minimum Gasteiger partial charge on any atom is -0.748 e. The molecule has 2 aliphatic rings. The van der Waals surface area contributed by atoms with Crippen LogP contribution in [0.1, 0.15) is 36.0 Å². The SMILES string of the molecule is O=C(OC1CC2=C(CC=CC2)C1)[c-]1cccc1.[Fe].[cH-]1[cH-][cH-][cH-][cH-]1. The van der Waals surface area contributed by atoms with Crippen molar-refractivity contribution in [1.82, 2.24) is 0 Å². The average Bonchev–Trinajstić information content (AvgIpc) is 3.28. The summed E-state index contributed by atoms with van der Waals surface area (Å²) in [5.41, 5.74) is 3.62. The molecule has 0 fully saturated rings. The van der Waals surface area contributed by atoms with E-state index in [9.17, 15) is 4.79 Å². The van der Waals surface area contributed by atoms with Gasteiger partial charge in [0.15, 0.2) is 0 Å². The number of ether oxygens (including phenoxy) is 1. The Labute approximate surface area is 148 Å². The second-order valence-electron chi connectivity index (χ2n) is 5.66. The summed E-state index contributed by atoms with van der Waals surface area (Å²) in [6.45, 7) is 0. The van der Waals surface area contributed by atoms with Crippen LogP contribution >= 0.6 is 0 Å². The van der Waals surface area contributed by atoms with Gasteiger partial charge in [-0.2, -0.15) is 12.1 Å². The fraction of sp³-hybridized carbons (Fsp3) is 0.250. The van der Waals surface area contributed by atoms with Crippen LogP contribution in [-0.4, -0.2) is 12.1 Å². The van der Waals surface area contributed by atoms with Gasteiger partial charge in [0, 0.05) is 29.9 Å². The van der Waals surface area contributed by atoms with Crippen molar-refractivity contribution in [2.75, 3.05) is 0 Å². The first-order chi connectivity index (χ1) is 10.8. The van der Waals surface area contributed by atoms with Gasteiger partial charge in [0.05, 0.1) is 0 Å². The van der Waals surface area contributed by atoms with Gasteiger partial charge in [-0.3, -0.25) is 4.79 Å². The largest absolute Gasteiger partial charge is 0.748 e. The fourth-order valence-corrected chi connectivity index (χ4v) is 2.95. The average molecular weight is 348 g/mol. The van der Waals surface area contributed by atoms with Crippen molar-refractivity contribution in [2.24, 2.45) is 0 Å². The summed E-state index contributed by atoms with van der Waals surface area (Å²) in [5, 5.41) is 0. The third-order valence-corrected chi connectivity index (χ3v) is 4.07. The Morgan fingerprint density at radius 1 is 0.957 bits per heavy atom. The van der Waals surface area contributed by atoms with E-state index in [2.05, 4.69) is 12.2 Å². The van der Waals surface area contributed by atoms with Crippen molar-refractivity contribution in [3.05, 3.63) is 83.5 Å². The van der Waals surface area contributed by atoms with E-state index in [1.807, 2.05) is 42.5 Å². The fourth-order valence-electron chi connectivity index (χ4n) is 2.95. The van der Waals surface area contributed by atoms with E-state index >= 15 is 0 Å². The molecule has 0 heterocycles. The quantitative estimate of drug-likeness (QED) is 0.338. The molecule has 0 aromatic heterocycles. The zero-order chi connectivity index (χ0) is 15.2. The van der Waals surface area contributed by atoms with Gasteiger partial charge >= 0.3 is 0 Å². The Morgan fingerprint density at radius 3 is 1.91 bits per heavy atom. The zero-order valence-corrected chi connectivity index (χ0v) is 14.0. The molecule has 4 rings (SSSR count). The van der Waals surface area contributed by atoms with E-state index < -0.39 is 0 Å². The first-order valence-electron chi connectivity index (χ1n) is 7.77. The standard InChI is InChI=1S/C15H15O2.C5H5.Fe/c16-15(11-5-1-2-6-11)17-14-9-12-7-3-4-8-13(12)10-14;1-2-4-5-3-1;/h1-6,14H,7-10H2;1-5H;/q-1;-5;. The van der Waals surface area contributed by atoms with E-state index in [1.165, 1.54) is 11.1 Å². The van der Waals surface area contributed by atoms with E-state index in [4.69, 9.17) is 4.74 Å². The maximum atomic E-state index is 11.8. The predicted molar refractivity (Wildman–Crippen MR) is 87.9 cm³/mol. The van der Waals surface area contributed by atoms with E-state index in [0.717, 1.165) is 25.7 Å². The first-order valence-corrected chi connectivity index (χ1v) is 7.77. The number of hydrogen-bond donors (Lipinski definition) is 0. The molecule has 0 aliphatic heterocycles. The van der Waals surface area contributed by atoms with Gasteiger partial charge in [0.1, 0.15) is 6.10 Å². The van der Waals surface area contributed by atoms with Crippen LogP contribution in [0.5, 0.6) is 0 Å². The van der Waals surface area contributed by atoms with Crippen molar-refractivity contribution in [1.29, 1.82) is 0 Å². The van der Waals surface area contributed by atoms with Crippen LogP contribution in [0.15, 0.2) is 77.9 Å². The van der Waals surface area contributed by atoms with Crippen LogP contribution in [0.4, 0.5) is 0 Å². The molecule has 0 saturated carbocycles. The van der Waals surface area contributed by atoms with Crippen molar-refractivity contribution >= 4 is 5.97 Å². The number of rotatable bonds is 2. The number of allylic oxidation sites excluding steroid dienone is 2. The molecule has 0 spiro atoms. The normalized spacial score (nSPS) is 16.2. The van der Waals surface area contributed by atoms with E-state index in [-0.39, 0.29) is 29.1 Å². The molecule has 2 aliphatic carbocycles. The number of carbonyl (C=O) groups is 1. The van der Waals surface area contributed by atoms with Crippen molar-refractivity contribution < 1.29 is 26.6 Å². The molecule has 0 bridgehead atoms. The minimum atomic E-state index is -0.187. The van der Waals surface area contributed by atoms with Crippen LogP contribution in [0, 0.1) is 0 Å². The van der Waals surface area contributed by atoms with E-state index in [0.29, 0.717) is 5.56 Å². The molecule has 23 heavy (non-hydrogen) atoms. The molecule has 0 radical (unpaired) electrons. The summed E-state index contributed by atoms with van der Waals surface area (Å²) < 4.78 is 5.54. The summed E-state index contributed by atoms with van der Waals surface area (Å²) >= 11 is 0. The van der Waals surface area contributed by atoms with Gasteiger partial charge in [0.2, 0.25) is 0 Å². The minimum absolute atomic E-state index is 0. The molecule has 0 atom stereocenters. The Balaban J connectivity index is 0.000000276. The monoisotopic (exact) mass is 348 g/mol. The summed E-state index contributed by atoms with van der Waals surface area (Å²) in [6.07, 6.45) is 8.40. The Bertz CT molecular complexity index is 611. The van der Waals surface area contributed by atoms with Gasteiger partial charge in [-0.15, -0.1) is 0 Å². The summed E-state index contributed by atoms with van der Waals surface area (Å²) in [6, 6.07) is 17.3. The summed E-state index contributed by atoms with van der Waals surface area (Å²) in [5.74, 6) is -0.187. The Morgan fingerprint density at radius 2 is 1.43 bits per heavy atom. The first kappa shape index (κ1) is 17.5. The van der Waals surface area contributed by atoms with E-state index in [1.54, 1.807) is 12.1 Å². The second-order valence-corrected chi connectivity index (χ2v) is 5.66. The molecule has 3 heteroatoms. The molecule has 2 nitrogen and oxygen atoms in total.